The maximum atomic E-state index is 9.67. The molecule has 0 fully saturated rings. The van der Waals surface area contributed by atoms with Crippen molar-refractivity contribution in [2.24, 2.45) is 0 Å². The normalized spacial score (nSPS) is 13.6. The van der Waals surface area contributed by atoms with Gasteiger partial charge in [0.15, 0.2) is 0 Å². The maximum absolute atomic E-state index is 9.67. The molecule has 0 aliphatic carbocycles. The van der Waals surface area contributed by atoms with Crippen LogP contribution in [0, 0.1) is 10.6 Å². The standard InChI is InChI=1S/C3H8N2O2/c1-3(4)2-5(6)7/h4-6H,2H2,1H3. The Hall–Kier alpha value is -0.450. The molecule has 42 valence electrons. The van der Waals surface area contributed by atoms with Crippen LogP contribution in [0.2, 0.25) is 0 Å². The van der Waals surface area contributed by atoms with Gasteiger partial charge in [0.25, 0.3) is 0 Å². The van der Waals surface area contributed by atoms with Gasteiger partial charge in [0, 0.05) is 0 Å². The molecular weight excluding hydrogens is 96.0 g/mol. The summed E-state index contributed by atoms with van der Waals surface area (Å²) in [5, 5.41) is 23.3. The van der Waals surface area contributed by atoms with Gasteiger partial charge >= 0.3 is 0 Å². The summed E-state index contributed by atoms with van der Waals surface area (Å²) in [6.45, 7) is 1.33. The van der Waals surface area contributed by atoms with Crippen molar-refractivity contribution in [3.63, 3.8) is 0 Å². The second-order valence-corrected chi connectivity index (χ2v) is 1.35. The number of hydroxylamine groups is 2. The summed E-state index contributed by atoms with van der Waals surface area (Å²) in [5.74, 6) is 0. The third-order valence-electron chi connectivity index (χ3n) is 0.416. The van der Waals surface area contributed by atoms with Crippen molar-refractivity contribution in [3.05, 3.63) is 5.21 Å². The predicted molar refractivity (Wildman–Crippen MR) is 24.4 cm³/mol. The summed E-state index contributed by atoms with van der Waals surface area (Å²) >= 11 is 0. The fourth-order valence-electron chi connectivity index (χ4n) is 0.227. The van der Waals surface area contributed by atoms with Crippen molar-refractivity contribution < 1.29 is 10.4 Å². The van der Waals surface area contributed by atoms with E-state index in [1.807, 2.05) is 0 Å². The first-order valence-electron chi connectivity index (χ1n) is 1.88. The van der Waals surface area contributed by atoms with E-state index in [0.29, 0.717) is 0 Å². The predicted octanol–water partition coefficient (Wildman–Crippen LogP) is -1.20. The van der Waals surface area contributed by atoms with Crippen molar-refractivity contribution >= 4 is 5.71 Å². The Morgan fingerprint density at radius 1 is 2.00 bits per heavy atom. The second-order valence-electron chi connectivity index (χ2n) is 1.35. The fraction of sp³-hybridized carbons (Fsp3) is 0.667. The van der Waals surface area contributed by atoms with E-state index in [1.54, 1.807) is 0 Å². The van der Waals surface area contributed by atoms with E-state index >= 15 is 0 Å². The molecule has 1 atom stereocenters. The van der Waals surface area contributed by atoms with Gasteiger partial charge in [0.1, 0.15) is 6.54 Å². The molecule has 0 aromatic heterocycles. The minimum atomic E-state index is -0.937. The second kappa shape index (κ2) is 2.68. The maximum Gasteiger partial charge on any atom is 0.144 e. The highest BCUT2D eigenvalue weighted by atomic mass is 16.8. The van der Waals surface area contributed by atoms with Crippen LogP contribution in [0.4, 0.5) is 0 Å². The summed E-state index contributed by atoms with van der Waals surface area (Å²) in [6.07, 6.45) is 0. The van der Waals surface area contributed by atoms with Crippen molar-refractivity contribution in [2.75, 3.05) is 6.54 Å². The highest BCUT2D eigenvalue weighted by molar-refractivity contribution is 5.79. The molecule has 0 rings (SSSR count). The molecule has 7 heavy (non-hydrogen) atoms. The molecule has 4 heteroatoms. The third kappa shape index (κ3) is 5.55. The summed E-state index contributed by atoms with van der Waals surface area (Å²) in [7, 11) is 0. The minimum absolute atomic E-state index is 0.139. The van der Waals surface area contributed by atoms with Gasteiger partial charge in [-0.25, -0.2) is 10.4 Å². The van der Waals surface area contributed by atoms with Crippen molar-refractivity contribution in [1.82, 2.24) is 0 Å². The van der Waals surface area contributed by atoms with Crippen LogP contribution in [0.15, 0.2) is 0 Å². The lowest BCUT2D eigenvalue weighted by molar-refractivity contribution is -1.04. The van der Waals surface area contributed by atoms with Crippen molar-refractivity contribution in [3.8, 4) is 0 Å². The Morgan fingerprint density at radius 3 is 2.43 bits per heavy atom. The lowest BCUT2D eigenvalue weighted by Gasteiger charge is -2.09. The van der Waals surface area contributed by atoms with Crippen LogP contribution in [0.3, 0.4) is 0 Å². The Labute approximate surface area is 41.4 Å². The first-order valence-corrected chi connectivity index (χ1v) is 1.88. The molecule has 0 aliphatic heterocycles. The first kappa shape index (κ1) is 6.55. The number of rotatable bonds is 2. The molecule has 0 amide bonds. The zero-order valence-electron chi connectivity index (χ0n) is 4.06. The third-order valence-corrected chi connectivity index (χ3v) is 0.416. The number of hydrogen-bond donors (Lipinski definition) is 3. The Morgan fingerprint density at radius 2 is 2.43 bits per heavy atom. The fourth-order valence-corrected chi connectivity index (χ4v) is 0.227. The van der Waals surface area contributed by atoms with Gasteiger partial charge in [0.05, 0.1) is 5.71 Å². The summed E-state index contributed by atoms with van der Waals surface area (Å²) in [4.78, 5) is 0. The van der Waals surface area contributed by atoms with Crippen molar-refractivity contribution in [1.29, 1.82) is 5.41 Å². The first-order chi connectivity index (χ1) is 3.13. The van der Waals surface area contributed by atoms with E-state index in [-0.39, 0.29) is 12.3 Å². The molecule has 0 saturated carbocycles. The van der Waals surface area contributed by atoms with Gasteiger partial charge in [-0.1, -0.05) is 0 Å². The molecule has 1 unspecified atom stereocenters. The summed E-state index contributed by atoms with van der Waals surface area (Å²) in [5.41, 5.74) is 0.188. The van der Waals surface area contributed by atoms with Gasteiger partial charge < -0.3 is 10.6 Å². The number of nitrogens with one attached hydrogen (secondary N) is 2. The van der Waals surface area contributed by atoms with Crippen LogP contribution in [0.25, 0.3) is 0 Å². The largest absolute Gasteiger partial charge is 0.600 e. The quantitative estimate of drug-likeness (QED) is 0.304. The van der Waals surface area contributed by atoms with Crippen LogP contribution >= 0.6 is 0 Å². The van der Waals surface area contributed by atoms with E-state index in [9.17, 15) is 5.21 Å². The molecule has 0 radical (unpaired) electrons. The van der Waals surface area contributed by atoms with Crippen LogP contribution < -0.4 is 5.23 Å². The van der Waals surface area contributed by atoms with E-state index in [4.69, 9.17) is 10.6 Å². The van der Waals surface area contributed by atoms with Crippen LogP contribution in [-0.2, 0) is 0 Å². The molecule has 0 saturated heterocycles. The lowest BCUT2D eigenvalue weighted by atomic mass is 10.4. The van der Waals surface area contributed by atoms with Gasteiger partial charge in [-0.2, -0.15) is 0 Å². The van der Waals surface area contributed by atoms with Gasteiger partial charge in [-0.3, -0.25) is 0 Å². The SMILES string of the molecule is CC(=N)C[NH+]([O-])O. The van der Waals surface area contributed by atoms with Gasteiger partial charge in [-0.15, -0.1) is 0 Å². The number of quaternary nitrogens is 1. The van der Waals surface area contributed by atoms with E-state index in [0.717, 1.165) is 0 Å². The number of hydrogen-bond acceptors (Lipinski definition) is 3. The molecule has 0 aromatic rings. The Bertz CT molecular complexity index is 71.3. The zero-order valence-corrected chi connectivity index (χ0v) is 4.06. The summed E-state index contributed by atoms with van der Waals surface area (Å²) in [6, 6.07) is 0. The average Bonchev–Trinajstić information content (AvgIpc) is 1.27. The van der Waals surface area contributed by atoms with Crippen molar-refractivity contribution in [2.45, 2.75) is 6.92 Å². The topological polar surface area (TPSA) is 71.6 Å². The smallest absolute Gasteiger partial charge is 0.144 e. The molecule has 0 bridgehead atoms. The molecular formula is C3H8N2O2. The average molecular weight is 104 g/mol. The van der Waals surface area contributed by atoms with E-state index in [1.165, 1.54) is 6.92 Å². The van der Waals surface area contributed by atoms with E-state index < -0.39 is 5.23 Å². The summed E-state index contributed by atoms with van der Waals surface area (Å²) < 4.78 is 0. The molecule has 0 aromatic carbocycles. The Kier molecular flexibility index (Phi) is 2.51. The molecule has 0 spiro atoms. The molecule has 0 heterocycles. The zero-order chi connectivity index (χ0) is 5.86. The van der Waals surface area contributed by atoms with Gasteiger partial charge in [0.2, 0.25) is 0 Å². The molecule has 0 aliphatic rings. The van der Waals surface area contributed by atoms with Gasteiger partial charge in [-0.05, 0) is 6.92 Å². The Balaban J connectivity index is 3.13. The van der Waals surface area contributed by atoms with Crippen LogP contribution in [0.5, 0.6) is 0 Å². The monoisotopic (exact) mass is 104 g/mol. The highest BCUT2D eigenvalue weighted by Crippen LogP contribution is 1.55. The van der Waals surface area contributed by atoms with E-state index in [2.05, 4.69) is 0 Å². The highest BCUT2D eigenvalue weighted by Gasteiger charge is 1.89. The molecule has 4 nitrogen and oxygen atoms in total. The van der Waals surface area contributed by atoms with Crippen LogP contribution in [-0.4, -0.2) is 17.5 Å². The lowest BCUT2D eigenvalue weighted by Crippen LogP contribution is -3.05. The molecule has 3 N–H and O–H groups in total. The minimum Gasteiger partial charge on any atom is -0.600 e. The van der Waals surface area contributed by atoms with Crippen LogP contribution in [0.1, 0.15) is 6.92 Å².